The molecule has 1 heterocycles. The molecule has 0 spiro atoms. The number of methoxy groups -OCH3 is 1. The molecule has 126 valence electrons. The summed E-state index contributed by atoms with van der Waals surface area (Å²) in [7, 11) is 1.64. The average molecular weight is 389 g/mol. The largest absolute Gasteiger partial charge is 0.497 e. The Morgan fingerprint density at radius 2 is 1.96 bits per heavy atom. The van der Waals surface area contributed by atoms with E-state index in [9.17, 15) is 4.79 Å². The molecule has 1 amide bonds. The number of hydrogen-bond donors (Lipinski definition) is 1. The van der Waals surface area contributed by atoms with E-state index in [1.807, 2.05) is 36.4 Å². The first-order valence-corrected chi connectivity index (χ1v) is 9.26. The third kappa shape index (κ3) is 3.41. The molecule has 1 atom stereocenters. The molecule has 0 aliphatic carbocycles. The Labute approximate surface area is 150 Å². The predicted octanol–water partition coefficient (Wildman–Crippen LogP) is 4.47. The number of ether oxygens (including phenoxy) is 1. The van der Waals surface area contributed by atoms with Crippen LogP contribution < -0.4 is 15.0 Å². The number of amides is 1. The zero-order chi connectivity index (χ0) is 16.9. The number of unbranched alkanes of at least 4 members (excludes halogenated alkanes) is 1. The average Bonchev–Trinajstić information content (AvgIpc) is 2.62. The Morgan fingerprint density at radius 3 is 2.67 bits per heavy atom. The Hall–Kier alpha value is -2.01. The highest BCUT2D eigenvalue weighted by atomic mass is 79.9. The van der Waals surface area contributed by atoms with Crippen LogP contribution in [0.1, 0.15) is 29.6 Å². The number of benzene rings is 2. The van der Waals surface area contributed by atoms with E-state index in [1.54, 1.807) is 7.11 Å². The smallest absolute Gasteiger partial charge is 0.255 e. The first kappa shape index (κ1) is 16.8. The van der Waals surface area contributed by atoms with E-state index in [1.165, 1.54) is 0 Å². The summed E-state index contributed by atoms with van der Waals surface area (Å²) in [6.07, 6.45) is 2.96. The summed E-state index contributed by atoms with van der Waals surface area (Å²) in [5.41, 5.74) is 2.64. The summed E-state index contributed by atoms with van der Waals surface area (Å²) in [6, 6.07) is 15.8. The van der Waals surface area contributed by atoms with Crippen LogP contribution in [0.25, 0.3) is 0 Å². The lowest BCUT2D eigenvalue weighted by Gasteiger charge is -2.39. The molecule has 5 heteroatoms. The van der Waals surface area contributed by atoms with Crippen LogP contribution in [0.2, 0.25) is 0 Å². The van der Waals surface area contributed by atoms with E-state index in [2.05, 4.69) is 38.3 Å². The third-order valence-corrected chi connectivity index (χ3v) is 4.77. The number of hydrogen-bond acceptors (Lipinski definition) is 3. The van der Waals surface area contributed by atoms with E-state index >= 15 is 0 Å². The highest BCUT2D eigenvalue weighted by Crippen LogP contribution is 2.37. The van der Waals surface area contributed by atoms with Gasteiger partial charge in [-0.1, -0.05) is 34.1 Å². The summed E-state index contributed by atoms with van der Waals surface area (Å²) in [5, 5.41) is 4.12. The molecule has 2 aromatic rings. The number of rotatable bonds is 6. The highest BCUT2D eigenvalue weighted by molar-refractivity contribution is 9.09. The fourth-order valence-corrected chi connectivity index (χ4v) is 3.43. The molecule has 3 rings (SSSR count). The van der Waals surface area contributed by atoms with Gasteiger partial charge in [-0.3, -0.25) is 4.79 Å². The number of fused-ring (bicyclic) bond motifs is 1. The summed E-state index contributed by atoms with van der Waals surface area (Å²) in [6.45, 7) is 0. The molecule has 1 aliphatic rings. The zero-order valence-corrected chi connectivity index (χ0v) is 15.3. The van der Waals surface area contributed by atoms with Crippen LogP contribution in [0.5, 0.6) is 5.75 Å². The quantitative estimate of drug-likeness (QED) is 0.586. The van der Waals surface area contributed by atoms with E-state index in [0.717, 1.165) is 41.7 Å². The Morgan fingerprint density at radius 1 is 1.17 bits per heavy atom. The van der Waals surface area contributed by atoms with Crippen molar-refractivity contribution >= 4 is 33.2 Å². The van der Waals surface area contributed by atoms with Crippen molar-refractivity contribution in [2.75, 3.05) is 17.3 Å². The maximum absolute atomic E-state index is 12.5. The van der Waals surface area contributed by atoms with Gasteiger partial charge in [0.25, 0.3) is 5.91 Å². The second-order valence-electron chi connectivity index (χ2n) is 5.76. The second-order valence-corrected chi connectivity index (χ2v) is 6.56. The second kappa shape index (κ2) is 7.71. The van der Waals surface area contributed by atoms with Crippen molar-refractivity contribution in [3.63, 3.8) is 0 Å². The minimum Gasteiger partial charge on any atom is -0.497 e. The van der Waals surface area contributed by atoms with Gasteiger partial charge in [-0.15, -0.1) is 0 Å². The monoisotopic (exact) mass is 388 g/mol. The van der Waals surface area contributed by atoms with E-state index < -0.39 is 0 Å². The van der Waals surface area contributed by atoms with Gasteiger partial charge in [0.1, 0.15) is 11.9 Å². The molecule has 0 bridgehead atoms. The topological polar surface area (TPSA) is 41.6 Å². The van der Waals surface area contributed by atoms with Gasteiger partial charge in [-0.05, 0) is 43.5 Å². The number of carbonyl (C=O) groups excluding carboxylic acids is 1. The van der Waals surface area contributed by atoms with Crippen LogP contribution >= 0.6 is 15.9 Å². The number of nitrogens with one attached hydrogen (secondary N) is 1. The molecule has 1 unspecified atom stereocenters. The molecular formula is C19H21BrN2O2. The van der Waals surface area contributed by atoms with Crippen LogP contribution in [-0.4, -0.2) is 24.5 Å². The molecule has 1 N–H and O–H groups in total. The molecule has 2 aromatic carbocycles. The molecule has 0 saturated heterocycles. The maximum atomic E-state index is 12.5. The van der Waals surface area contributed by atoms with Crippen molar-refractivity contribution in [1.29, 1.82) is 0 Å². The van der Waals surface area contributed by atoms with Crippen LogP contribution in [-0.2, 0) is 0 Å². The highest BCUT2D eigenvalue weighted by Gasteiger charge is 2.31. The van der Waals surface area contributed by atoms with E-state index in [0.29, 0.717) is 5.56 Å². The Balaban J connectivity index is 2.03. The first-order valence-electron chi connectivity index (χ1n) is 8.13. The molecule has 0 aromatic heterocycles. The molecule has 0 fully saturated rings. The first-order chi connectivity index (χ1) is 11.7. The van der Waals surface area contributed by atoms with Crippen molar-refractivity contribution < 1.29 is 9.53 Å². The SMILES string of the molecule is COc1ccc2c(c1)N(c1ccccc1)C(CCCCBr)NC2=O. The van der Waals surface area contributed by atoms with Gasteiger partial charge in [0.2, 0.25) is 0 Å². The normalized spacial score (nSPS) is 16.5. The van der Waals surface area contributed by atoms with Crippen LogP contribution in [0, 0.1) is 0 Å². The molecule has 24 heavy (non-hydrogen) atoms. The van der Waals surface area contributed by atoms with Gasteiger partial charge in [0.05, 0.1) is 18.4 Å². The number of carbonyl (C=O) groups is 1. The van der Waals surface area contributed by atoms with Crippen LogP contribution in [0.3, 0.4) is 0 Å². The van der Waals surface area contributed by atoms with Gasteiger partial charge in [0.15, 0.2) is 0 Å². The van der Waals surface area contributed by atoms with Gasteiger partial charge < -0.3 is 15.0 Å². The lowest BCUT2D eigenvalue weighted by Crippen LogP contribution is -2.50. The summed E-state index contributed by atoms with van der Waals surface area (Å²) in [5.74, 6) is 0.729. The van der Waals surface area contributed by atoms with Crippen molar-refractivity contribution in [2.45, 2.75) is 25.4 Å². The lowest BCUT2D eigenvalue weighted by atomic mass is 10.0. The van der Waals surface area contributed by atoms with Crippen molar-refractivity contribution in [3.8, 4) is 5.75 Å². The number of nitrogens with zero attached hydrogens (tertiary/aromatic N) is 1. The molecule has 1 aliphatic heterocycles. The minimum absolute atomic E-state index is 0.0244. The fraction of sp³-hybridized carbons (Fsp3) is 0.316. The maximum Gasteiger partial charge on any atom is 0.255 e. The summed E-state index contributed by atoms with van der Waals surface area (Å²) >= 11 is 3.47. The molecular weight excluding hydrogens is 368 g/mol. The number of anilines is 2. The Bertz CT molecular complexity index is 706. The number of alkyl halides is 1. The zero-order valence-electron chi connectivity index (χ0n) is 13.7. The Kier molecular flexibility index (Phi) is 5.41. The minimum atomic E-state index is -0.0569. The molecule has 0 saturated carbocycles. The summed E-state index contributed by atoms with van der Waals surface area (Å²) < 4.78 is 5.37. The standard InChI is InChI=1S/C19H21BrN2O2/c1-24-15-10-11-16-17(13-15)22(14-7-3-2-4-8-14)18(21-19(16)23)9-5-6-12-20/h2-4,7-8,10-11,13,18H,5-6,9,12H2,1H3,(H,21,23). The molecule has 4 nitrogen and oxygen atoms in total. The number of para-hydroxylation sites is 1. The van der Waals surface area contributed by atoms with Gasteiger partial charge in [-0.25, -0.2) is 0 Å². The van der Waals surface area contributed by atoms with E-state index in [4.69, 9.17) is 4.74 Å². The summed E-state index contributed by atoms with van der Waals surface area (Å²) in [4.78, 5) is 14.7. The third-order valence-electron chi connectivity index (χ3n) is 4.21. The van der Waals surface area contributed by atoms with Crippen molar-refractivity contribution in [2.24, 2.45) is 0 Å². The lowest BCUT2D eigenvalue weighted by molar-refractivity contribution is 0.0927. The van der Waals surface area contributed by atoms with E-state index in [-0.39, 0.29) is 12.1 Å². The van der Waals surface area contributed by atoms with Crippen molar-refractivity contribution in [3.05, 3.63) is 54.1 Å². The molecule has 0 radical (unpaired) electrons. The fourth-order valence-electron chi connectivity index (χ4n) is 3.03. The van der Waals surface area contributed by atoms with Gasteiger partial charge >= 0.3 is 0 Å². The van der Waals surface area contributed by atoms with Crippen molar-refractivity contribution in [1.82, 2.24) is 5.32 Å². The van der Waals surface area contributed by atoms with Crippen LogP contribution in [0.4, 0.5) is 11.4 Å². The van der Waals surface area contributed by atoms with Gasteiger partial charge in [0, 0.05) is 17.1 Å². The van der Waals surface area contributed by atoms with Gasteiger partial charge in [-0.2, -0.15) is 0 Å². The number of halogens is 1. The predicted molar refractivity (Wildman–Crippen MR) is 100 cm³/mol. The van der Waals surface area contributed by atoms with Crippen LogP contribution in [0.15, 0.2) is 48.5 Å².